The van der Waals surface area contributed by atoms with Gasteiger partial charge in [0.15, 0.2) is 0 Å². The molecule has 0 aromatic carbocycles. The lowest BCUT2D eigenvalue weighted by Crippen LogP contribution is -2.27. The molecular weight excluding hydrogens is 156 g/mol. The molecule has 0 radical (unpaired) electrons. The van der Waals surface area contributed by atoms with Crippen LogP contribution in [0.2, 0.25) is 0 Å². The lowest BCUT2D eigenvalue weighted by Gasteiger charge is -2.19. The average molecular weight is 172 g/mol. The predicted octanol–water partition coefficient (Wildman–Crippen LogP) is 0.956. The van der Waals surface area contributed by atoms with Crippen molar-refractivity contribution < 1.29 is 14.6 Å². The van der Waals surface area contributed by atoms with Crippen LogP contribution in [0.25, 0.3) is 0 Å². The fourth-order valence-electron chi connectivity index (χ4n) is 2.01. The van der Waals surface area contributed by atoms with E-state index in [9.17, 15) is 9.90 Å². The maximum atomic E-state index is 11.2. The second-order valence-electron chi connectivity index (χ2n) is 3.47. The number of aliphatic hydroxyl groups is 1. The summed E-state index contributed by atoms with van der Waals surface area (Å²) in [7, 11) is 1.40. The Kier molecular flexibility index (Phi) is 3.09. The molecule has 3 nitrogen and oxygen atoms in total. The fourth-order valence-corrected chi connectivity index (χ4v) is 2.01. The maximum absolute atomic E-state index is 11.2. The largest absolute Gasteiger partial charge is 0.469 e. The Hall–Kier alpha value is -0.570. The van der Waals surface area contributed by atoms with Crippen molar-refractivity contribution in [3.63, 3.8) is 0 Å². The van der Waals surface area contributed by atoms with E-state index in [0.29, 0.717) is 0 Å². The molecule has 0 aliphatic heterocycles. The molecule has 1 aliphatic rings. The molecule has 70 valence electrons. The minimum absolute atomic E-state index is 0.0741. The van der Waals surface area contributed by atoms with Gasteiger partial charge in [0.1, 0.15) is 0 Å². The SMILES string of the molecule is COC(=O)C1CCCC1C(C)O. The Morgan fingerprint density at radius 3 is 2.75 bits per heavy atom. The predicted molar refractivity (Wildman–Crippen MR) is 44.5 cm³/mol. The highest BCUT2D eigenvalue weighted by Gasteiger charge is 2.36. The number of hydrogen-bond donors (Lipinski definition) is 1. The summed E-state index contributed by atoms with van der Waals surface area (Å²) in [4.78, 5) is 11.2. The molecule has 3 atom stereocenters. The first-order chi connectivity index (χ1) is 5.66. The van der Waals surface area contributed by atoms with Crippen LogP contribution in [0.1, 0.15) is 26.2 Å². The summed E-state index contributed by atoms with van der Waals surface area (Å²) in [5.74, 6) is -0.133. The van der Waals surface area contributed by atoms with Crippen LogP contribution in [-0.4, -0.2) is 24.3 Å². The zero-order valence-electron chi connectivity index (χ0n) is 7.62. The van der Waals surface area contributed by atoms with Crippen LogP contribution < -0.4 is 0 Å². The average Bonchev–Trinajstić information content (AvgIpc) is 2.50. The summed E-state index contributed by atoms with van der Waals surface area (Å²) in [5, 5.41) is 9.36. The zero-order valence-corrected chi connectivity index (χ0v) is 7.62. The maximum Gasteiger partial charge on any atom is 0.309 e. The van der Waals surface area contributed by atoms with Gasteiger partial charge in [-0.3, -0.25) is 4.79 Å². The van der Waals surface area contributed by atoms with Gasteiger partial charge in [0.25, 0.3) is 0 Å². The number of carbonyl (C=O) groups excluding carboxylic acids is 1. The third-order valence-corrected chi connectivity index (χ3v) is 2.69. The standard InChI is InChI=1S/C9H16O3/c1-6(10)7-4-3-5-8(7)9(11)12-2/h6-8,10H,3-5H2,1-2H3. The number of hydrogen-bond acceptors (Lipinski definition) is 3. The summed E-state index contributed by atoms with van der Waals surface area (Å²) in [6.07, 6.45) is 2.44. The highest BCUT2D eigenvalue weighted by Crippen LogP contribution is 2.34. The van der Waals surface area contributed by atoms with Crippen LogP contribution in [0, 0.1) is 11.8 Å². The molecular formula is C9H16O3. The van der Waals surface area contributed by atoms with Crippen LogP contribution in [0.15, 0.2) is 0 Å². The van der Waals surface area contributed by atoms with Gasteiger partial charge in [0, 0.05) is 0 Å². The Morgan fingerprint density at radius 2 is 2.25 bits per heavy atom. The number of rotatable bonds is 2. The fraction of sp³-hybridized carbons (Fsp3) is 0.889. The Labute approximate surface area is 72.7 Å². The number of carbonyl (C=O) groups is 1. The van der Waals surface area contributed by atoms with Crippen molar-refractivity contribution in [2.45, 2.75) is 32.3 Å². The van der Waals surface area contributed by atoms with Gasteiger partial charge < -0.3 is 9.84 Å². The van der Waals surface area contributed by atoms with E-state index >= 15 is 0 Å². The van der Waals surface area contributed by atoms with Crippen molar-refractivity contribution >= 4 is 5.97 Å². The second-order valence-corrected chi connectivity index (χ2v) is 3.47. The zero-order chi connectivity index (χ0) is 9.14. The van der Waals surface area contributed by atoms with Crippen LogP contribution in [0.5, 0.6) is 0 Å². The van der Waals surface area contributed by atoms with E-state index in [1.807, 2.05) is 0 Å². The van der Waals surface area contributed by atoms with E-state index < -0.39 is 6.10 Å². The molecule has 0 bridgehead atoms. The van der Waals surface area contributed by atoms with E-state index in [0.717, 1.165) is 19.3 Å². The summed E-state index contributed by atoms with van der Waals surface area (Å²) < 4.78 is 4.66. The van der Waals surface area contributed by atoms with Gasteiger partial charge in [0.05, 0.1) is 19.1 Å². The van der Waals surface area contributed by atoms with E-state index in [1.165, 1.54) is 7.11 Å². The molecule has 0 amide bonds. The van der Waals surface area contributed by atoms with Crippen molar-refractivity contribution in [1.29, 1.82) is 0 Å². The molecule has 3 unspecified atom stereocenters. The molecule has 1 rings (SSSR count). The molecule has 1 fully saturated rings. The number of aliphatic hydroxyl groups excluding tert-OH is 1. The smallest absolute Gasteiger partial charge is 0.309 e. The summed E-state index contributed by atoms with van der Waals surface area (Å²) in [6.45, 7) is 1.74. The van der Waals surface area contributed by atoms with Gasteiger partial charge in [-0.1, -0.05) is 6.42 Å². The molecule has 12 heavy (non-hydrogen) atoms. The van der Waals surface area contributed by atoms with Gasteiger partial charge in [-0.25, -0.2) is 0 Å². The Morgan fingerprint density at radius 1 is 1.58 bits per heavy atom. The molecule has 0 saturated heterocycles. The van der Waals surface area contributed by atoms with Gasteiger partial charge in [-0.2, -0.15) is 0 Å². The van der Waals surface area contributed by atoms with Crippen LogP contribution in [0.3, 0.4) is 0 Å². The van der Waals surface area contributed by atoms with Gasteiger partial charge in [-0.05, 0) is 25.7 Å². The molecule has 0 aromatic heterocycles. The summed E-state index contributed by atoms with van der Waals surface area (Å²) in [6, 6.07) is 0. The van der Waals surface area contributed by atoms with Crippen molar-refractivity contribution in [2.75, 3.05) is 7.11 Å². The van der Waals surface area contributed by atoms with E-state index in [2.05, 4.69) is 4.74 Å². The first-order valence-electron chi connectivity index (χ1n) is 4.42. The Bertz CT molecular complexity index is 165. The van der Waals surface area contributed by atoms with Gasteiger partial charge >= 0.3 is 5.97 Å². The second kappa shape index (κ2) is 3.90. The molecule has 0 spiro atoms. The molecule has 1 saturated carbocycles. The third-order valence-electron chi connectivity index (χ3n) is 2.69. The molecule has 1 aliphatic carbocycles. The molecule has 1 N–H and O–H groups in total. The highest BCUT2D eigenvalue weighted by molar-refractivity contribution is 5.73. The molecule has 0 aromatic rings. The number of esters is 1. The van der Waals surface area contributed by atoms with Crippen molar-refractivity contribution in [3.05, 3.63) is 0 Å². The third kappa shape index (κ3) is 1.78. The van der Waals surface area contributed by atoms with Crippen molar-refractivity contribution in [2.24, 2.45) is 11.8 Å². The van der Waals surface area contributed by atoms with Gasteiger partial charge in [0.2, 0.25) is 0 Å². The monoisotopic (exact) mass is 172 g/mol. The van der Waals surface area contributed by atoms with E-state index in [1.54, 1.807) is 6.92 Å². The normalized spacial score (nSPS) is 31.6. The quantitative estimate of drug-likeness (QED) is 0.631. The lowest BCUT2D eigenvalue weighted by atomic mass is 9.92. The van der Waals surface area contributed by atoms with E-state index in [-0.39, 0.29) is 17.8 Å². The molecule has 3 heteroatoms. The molecule has 0 heterocycles. The lowest BCUT2D eigenvalue weighted by molar-refractivity contribution is -0.148. The first-order valence-corrected chi connectivity index (χ1v) is 4.42. The Balaban J connectivity index is 2.57. The number of ether oxygens (including phenoxy) is 1. The van der Waals surface area contributed by atoms with Crippen LogP contribution in [0.4, 0.5) is 0 Å². The van der Waals surface area contributed by atoms with Crippen molar-refractivity contribution in [3.8, 4) is 0 Å². The van der Waals surface area contributed by atoms with Crippen molar-refractivity contribution in [1.82, 2.24) is 0 Å². The highest BCUT2D eigenvalue weighted by atomic mass is 16.5. The van der Waals surface area contributed by atoms with Crippen LogP contribution in [-0.2, 0) is 9.53 Å². The summed E-state index contributed by atoms with van der Waals surface area (Å²) >= 11 is 0. The van der Waals surface area contributed by atoms with Gasteiger partial charge in [-0.15, -0.1) is 0 Å². The first kappa shape index (κ1) is 9.52. The minimum Gasteiger partial charge on any atom is -0.469 e. The minimum atomic E-state index is -0.392. The van der Waals surface area contributed by atoms with E-state index in [4.69, 9.17) is 0 Å². The number of methoxy groups -OCH3 is 1. The topological polar surface area (TPSA) is 46.5 Å². The van der Waals surface area contributed by atoms with Crippen LogP contribution >= 0.6 is 0 Å². The summed E-state index contributed by atoms with van der Waals surface area (Å²) in [5.41, 5.74) is 0.